The number of hydrogen-bond acceptors (Lipinski definition) is 7. The van der Waals surface area contributed by atoms with Gasteiger partial charge in [-0.1, -0.05) is 41.7 Å². The van der Waals surface area contributed by atoms with Crippen LogP contribution >= 0.6 is 39.9 Å². The molecule has 6 nitrogen and oxygen atoms in total. The zero-order valence-corrected chi connectivity index (χ0v) is 20.4. The molecule has 0 radical (unpaired) electrons. The van der Waals surface area contributed by atoms with E-state index in [1.54, 1.807) is 30.3 Å². The van der Waals surface area contributed by atoms with Crippen LogP contribution in [0.2, 0.25) is 0 Å². The first-order valence-corrected chi connectivity index (χ1v) is 12.2. The maximum absolute atomic E-state index is 12.7. The van der Waals surface area contributed by atoms with Crippen LogP contribution in [-0.4, -0.2) is 37.2 Å². The van der Waals surface area contributed by atoms with Crippen molar-refractivity contribution in [3.8, 4) is 11.5 Å². The van der Waals surface area contributed by atoms with E-state index in [2.05, 4.69) is 15.9 Å². The van der Waals surface area contributed by atoms with E-state index in [0.717, 1.165) is 5.56 Å². The molecule has 1 aliphatic heterocycles. The monoisotopic (exact) mass is 527 g/mol. The Bertz CT molecular complexity index is 1140. The van der Waals surface area contributed by atoms with Gasteiger partial charge in [0.25, 0.3) is 5.91 Å². The molecule has 1 fully saturated rings. The van der Waals surface area contributed by atoms with E-state index in [0.29, 0.717) is 25.8 Å². The third-order valence-electron chi connectivity index (χ3n) is 4.24. The van der Waals surface area contributed by atoms with Crippen molar-refractivity contribution in [1.29, 1.82) is 0 Å². The van der Waals surface area contributed by atoms with Crippen molar-refractivity contribution in [1.82, 2.24) is 4.90 Å². The lowest BCUT2D eigenvalue weighted by atomic mass is 10.2. The van der Waals surface area contributed by atoms with Gasteiger partial charge in [0.15, 0.2) is 11.5 Å². The van der Waals surface area contributed by atoms with Crippen molar-refractivity contribution in [2.75, 3.05) is 13.7 Å². The summed E-state index contributed by atoms with van der Waals surface area (Å²) in [6.45, 7) is 4.22. The number of carbonyl (C=O) groups is 1. The second kappa shape index (κ2) is 9.09. The third-order valence-corrected chi connectivity index (χ3v) is 7.44. The van der Waals surface area contributed by atoms with E-state index in [1.807, 2.05) is 13.8 Å². The highest BCUT2D eigenvalue weighted by atomic mass is 79.9. The Balaban J connectivity index is 1.95. The minimum atomic E-state index is -4.05. The molecular weight excluding hydrogens is 510 g/mol. The first kappa shape index (κ1) is 22.8. The van der Waals surface area contributed by atoms with Crippen molar-refractivity contribution < 1.29 is 22.1 Å². The number of thiocarbonyl (C=S) groups is 1. The topological polar surface area (TPSA) is 72.9 Å². The summed E-state index contributed by atoms with van der Waals surface area (Å²) >= 11 is 9.80. The van der Waals surface area contributed by atoms with E-state index in [1.165, 1.54) is 35.9 Å². The SMILES string of the molecule is CCN1C(=O)/C(=C/c2cc(Br)c(OS(=O)(=O)c3ccc(C)cc3)c(OC)c2)SC1=S. The molecule has 30 heavy (non-hydrogen) atoms. The molecular formula is C20H18BrNO5S3. The average molecular weight is 528 g/mol. The minimum absolute atomic E-state index is 0.0244. The van der Waals surface area contributed by atoms with Gasteiger partial charge in [-0.15, -0.1) is 0 Å². The Morgan fingerprint density at radius 1 is 1.23 bits per heavy atom. The Hall–Kier alpha value is -1.88. The van der Waals surface area contributed by atoms with Crippen molar-refractivity contribution in [3.63, 3.8) is 0 Å². The van der Waals surface area contributed by atoms with Crippen LogP contribution in [-0.2, 0) is 14.9 Å². The van der Waals surface area contributed by atoms with Crippen molar-refractivity contribution in [2.45, 2.75) is 18.7 Å². The molecule has 10 heteroatoms. The third kappa shape index (κ3) is 4.72. The molecule has 1 aliphatic rings. The molecule has 0 aliphatic carbocycles. The Kier molecular flexibility index (Phi) is 6.91. The molecule has 0 spiro atoms. The summed E-state index contributed by atoms with van der Waals surface area (Å²) in [5.41, 5.74) is 1.57. The summed E-state index contributed by atoms with van der Waals surface area (Å²) in [4.78, 5) is 14.5. The predicted molar refractivity (Wildman–Crippen MR) is 125 cm³/mol. The van der Waals surface area contributed by atoms with Gasteiger partial charge in [0, 0.05) is 6.54 Å². The molecule has 1 heterocycles. The largest absolute Gasteiger partial charge is 0.493 e. The number of benzene rings is 2. The number of thioether (sulfide) groups is 1. The number of ether oxygens (including phenoxy) is 1. The minimum Gasteiger partial charge on any atom is -0.493 e. The first-order chi connectivity index (χ1) is 14.2. The van der Waals surface area contributed by atoms with Gasteiger partial charge in [-0.05, 0) is 65.7 Å². The highest BCUT2D eigenvalue weighted by molar-refractivity contribution is 9.10. The number of amides is 1. The summed E-state index contributed by atoms with van der Waals surface area (Å²) < 4.78 is 36.9. The predicted octanol–water partition coefficient (Wildman–Crippen LogP) is 4.75. The van der Waals surface area contributed by atoms with Crippen molar-refractivity contribution in [2.24, 2.45) is 0 Å². The van der Waals surface area contributed by atoms with Crippen molar-refractivity contribution in [3.05, 3.63) is 56.9 Å². The zero-order chi connectivity index (χ0) is 22.1. The Morgan fingerprint density at radius 3 is 2.47 bits per heavy atom. The molecule has 1 saturated heterocycles. The number of aryl methyl sites for hydroxylation is 1. The standard InChI is InChI=1S/C20H18BrNO5S3/c1-4-22-19(23)17(29-20(22)28)11-13-9-15(21)18(16(10-13)26-3)27-30(24,25)14-7-5-12(2)6-8-14/h5-11H,4H2,1-3H3/b17-11-. The summed E-state index contributed by atoms with van der Waals surface area (Å²) in [5.74, 6) is 0.0680. The van der Waals surface area contributed by atoms with Crippen LogP contribution in [0.4, 0.5) is 0 Å². The summed E-state index contributed by atoms with van der Waals surface area (Å²) in [6.07, 6.45) is 1.68. The zero-order valence-electron chi connectivity index (χ0n) is 16.3. The molecule has 0 aromatic heterocycles. The fraction of sp³-hybridized carbons (Fsp3) is 0.200. The van der Waals surface area contributed by atoms with Crippen LogP contribution in [0.25, 0.3) is 6.08 Å². The summed E-state index contributed by atoms with van der Waals surface area (Å²) in [7, 11) is -2.64. The van der Waals surface area contributed by atoms with E-state index < -0.39 is 10.1 Å². The maximum atomic E-state index is 12.7. The first-order valence-electron chi connectivity index (χ1n) is 8.80. The molecule has 1 amide bonds. The molecule has 0 bridgehead atoms. The van der Waals surface area contributed by atoms with E-state index in [4.69, 9.17) is 21.1 Å². The molecule has 3 rings (SSSR count). The van der Waals surface area contributed by atoms with Crippen LogP contribution in [0.15, 0.2) is 50.7 Å². The quantitative estimate of drug-likeness (QED) is 0.304. The number of nitrogens with zero attached hydrogens (tertiary/aromatic N) is 1. The lowest BCUT2D eigenvalue weighted by Crippen LogP contribution is -2.27. The molecule has 2 aromatic rings. The second-order valence-corrected chi connectivity index (χ2v) is 10.4. The van der Waals surface area contributed by atoms with E-state index in [-0.39, 0.29) is 22.3 Å². The van der Waals surface area contributed by atoms with Gasteiger partial charge in [-0.2, -0.15) is 8.42 Å². The van der Waals surface area contributed by atoms with Gasteiger partial charge in [-0.25, -0.2) is 0 Å². The number of halogens is 1. The number of methoxy groups -OCH3 is 1. The van der Waals surface area contributed by atoms with Gasteiger partial charge < -0.3 is 8.92 Å². The van der Waals surface area contributed by atoms with Gasteiger partial charge in [0.1, 0.15) is 9.22 Å². The number of rotatable bonds is 6. The fourth-order valence-corrected chi connectivity index (χ4v) is 5.68. The van der Waals surface area contributed by atoms with Crippen LogP contribution in [0, 0.1) is 6.92 Å². The summed E-state index contributed by atoms with van der Waals surface area (Å²) in [5, 5.41) is 0. The van der Waals surface area contributed by atoms with Gasteiger partial charge in [0.2, 0.25) is 0 Å². The van der Waals surface area contributed by atoms with Crippen LogP contribution in [0.3, 0.4) is 0 Å². The van der Waals surface area contributed by atoms with Gasteiger partial charge >= 0.3 is 10.1 Å². The summed E-state index contributed by atoms with van der Waals surface area (Å²) in [6, 6.07) is 9.60. The molecule has 0 N–H and O–H groups in total. The Labute approximate surface area is 193 Å². The highest BCUT2D eigenvalue weighted by Gasteiger charge is 2.31. The smallest absolute Gasteiger partial charge is 0.339 e. The fourth-order valence-electron chi connectivity index (χ4n) is 2.69. The van der Waals surface area contributed by atoms with Gasteiger partial charge in [-0.3, -0.25) is 9.69 Å². The lowest BCUT2D eigenvalue weighted by Gasteiger charge is -2.14. The van der Waals surface area contributed by atoms with Crippen LogP contribution < -0.4 is 8.92 Å². The van der Waals surface area contributed by atoms with Crippen LogP contribution in [0.1, 0.15) is 18.1 Å². The maximum Gasteiger partial charge on any atom is 0.339 e. The molecule has 0 atom stereocenters. The number of likely N-dealkylation sites (N-methyl/N-ethyl adjacent to an activating group) is 1. The lowest BCUT2D eigenvalue weighted by molar-refractivity contribution is -0.121. The molecule has 2 aromatic carbocycles. The Morgan fingerprint density at radius 2 is 1.90 bits per heavy atom. The number of hydrogen-bond donors (Lipinski definition) is 0. The average Bonchev–Trinajstić information content (AvgIpc) is 2.96. The van der Waals surface area contributed by atoms with Crippen molar-refractivity contribution >= 4 is 66.3 Å². The molecule has 0 saturated carbocycles. The molecule has 158 valence electrons. The van der Waals surface area contributed by atoms with Crippen LogP contribution in [0.5, 0.6) is 11.5 Å². The van der Waals surface area contributed by atoms with E-state index >= 15 is 0 Å². The van der Waals surface area contributed by atoms with Gasteiger partial charge in [0.05, 0.1) is 16.5 Å². The van der Waals surface area contributed by atoms with E-state index in [9.17, 15) is 13.2 Å². The molecule has 0 unspecified atom stereocenters. The normalized spacial score (nSPS) is 15.7. The number of carbonyl (C=O) groups excluding carboxylic acids is 1. The highest BCUT2D eigenvalue weighted by Crippen LogP contribution is 2.40. The second-order valence-electron chi connectivity index (χ2n) is 6.31.